The first kappa shape index (κ1) is 15.8. The molecule has 0 fully saturated rings. The number of aromatic nitrogens is 2. The lowest BCUT2D eigenvalue weighted by molar-refractivity contribution is 0.795. The van der Waals surface area contributed by atoms with Crippen molar-refractivity contribution in [1.82, 2.24) is 20.2 Å². The number of aliphatic imine (C=N–C) groups is 1. The lowest BCUT2D eigenvalue weighted by Crippen LogP contribution is -2.37. The van der Waals surface area contributed by atoms with Crippen molar-refractivity contribution in [3.8, 4) is 0 Å². The van der Waals surface area contributed by atoms with E-state index in [9.17, 15) is 0 Å². The van der Waals surface area contributed by atoms with E-state index < -0.39 is 0 Å². The molecule has 0 bridgehead atoms. The van der Waals surface area contributed by atoms with Crippen LogP contribution in [0.25, 0.3) is 0 Å². The summed E-state index contributed by atoms with van der Waals surface area (Å²) in [5, 5.41) is 6.42. The summed E-state index contributed by atoms with van der Waals surface area (Å²) in [4.78, 5) is 8.65. The summed E-state index contributed by atoms with van der Waals surface area (Å²) < 4.78 is 2.05. The van der Waals surface area contributed by atoms with Crippen molar-refractivity contribution in [2.24, 2.45) is 4.99 Å². The second-order valence-electron chi connectivity index (χ2n) is 4.92. The molecule has 0 saturated heterocycles. The van der Waals surface area contributed by atoms with Crippen molar-refractivity contribution in [3.63, 3.8) is 0 Å². The molecule has 5 heteroatoms. The third-order valence-corrected chi connectivity index (χ3v) is 3.09. The van der Waals surface area contributed by atoms with E-state index in [4.69, 9.17) is 0 Å². The first-order valence-corrected chi connectivity index (χ1v) is 7.48. The fraction of sp³-hybridized carbons (Fsp3) is 0.294. The zero-order chi connectivity index (χ0) is 15.6. The van der Waals surface area contributed by atoms with Crippen LogP contribution in [0.1, 0.15) is 18.1 Å². The molecule has 1 aromatic heterocycles. The van der Waals surface area contributed by atoms with Crippen LogP contribution in [0.2, 0.25) is 0 Å². The van der Waals surface area contributed by atoms with Gasteiger partial charge < -0.3 is 15.2 Å². The van der Waals surface area contributed by atoms with Gasteiger partial charge in [-0.15, -0.1) is 6.58 Å². The van der Waals surface area contributed by atoms with Crippen molar-refractivity contribution in [2.45, 2.75) is 20.0 Å². The number of rotatable bonds is 7. The Bertz CT molecular complexity index is 601. The minimum atomic E-state index is 0.643. The summed E-state index contributed by atoms with van der Waals surface area (Å²) in [6.45, 7) is 8.76. The van der Waals surface area contributed by atoms with Crippen LogP contribution >= 0.6 is 0 Å². The average Bonchev–Trinajstić information content (AvgIpc) is 3.03. The van der Waals surface area contributed by atoms with Crippen molar-refractivity contribution in [1.29, 1.82) is 0 Å². The molecule has 0 atom stereocenters. The van der Waals surface area contributed by atoms with Crippen molar-refractivity contribution >= 4 is 5.96 Å². The van der Waals surface area contributed by atoms with E-state index >= 15 is 0 Å². The minimum Gasteiger partial charge on any atom is -0.357 e. The number of imidazole rings is 1. The molecule has 0 radical (unpaired) electrons. The van der Waals surface area contributed by atoms with Crippen LogP contribution in [0.4, 0.5) is 0 Å². The second kappa shape index (κ2) is 8.67. The molecule has 0 aliphatic heterocycles. The molecule has 2 aromatic rings. The zero-order valence-electron chi connectivity index (χ0n) is 13.0. The van der Waals surface area contributed by atoms with Gasteiger partial charge in [0.2, 0.25) is 0 Å². The fourth-order valence-electron chi connectivity index (χ4n) is 2.10. The zero-order valence-corrected chi connectivity index (χ0v) is 13.0. The molecule has 0 saturated carbocycles. The Morgan fingerprint density at radius 1 is 1.36 bits per heavy atom. The van der Waals surface area contributed by atoms with Crippen LogP contribution in [0.15, 0.2) is 60.6 Å². The van der Waals surface area contributed by atoms with E-state index in [1.54, 1.807) is 6.20 Å². The lowest BCUT2D eigenvalue weighted by Gasteiger charge is -2.10. The van der Waals surface area contributed by atoms with Gasteiger partial charge in [0.1, 0.15) is 0 Å². The Morgan fingerprint density at radius 3 is 2.95 bits per heavy atom. The smallest absolute Gasteiger partial charge is 0.191 e. The van der Waals surface area contributed by atoms with Crippen LogP contribution in [0, 0.1) is 0 Å². The summed E-state index contributed by atoms with van der Waals surface area (Å²) in [6, 6.07) is 8.47. The Kier molecular flexibility index (Phi) is 6.23. The van der Waals surface area contributed by atoms with E-state index in [1.165, 1.54) is 11.1 Å². The molecule has 2 rings (SSSR count). The largest absolute Gasteiger partial charge is 0.357 e. The summed E-state index contributed by atoms with van der Waals surface area (Å²) in [5.74, 6) is 0.808. The predicted octanol–water partition coefficient (Wildman–Crippen LogP) is 2.17. The van der Waals surface area contributed by atoms with E-state index in [1.807, 2.05) is 18.6 Å². The SMILES string of the molecule is C=CCNC(=NCc1cccc(Cn2ccnc2)c1)NCC. The summed E-state index contributed by atoms with van der Waals surface area (Å²) in [5.41, 5.74) is 2.43. The molecule has 0 amide bonds. The van der Waals surface area contributed by atoms with Gasteiger partial charge in [0.25, 0.3) is 0 Å². The number of hydrogen-bond donors (Lipinski definition) is 2. The van der Waals surface area contributed by atoms with E-state index in [2.05, 4.69) is 62.9 Å². The van der Waals surface area contributed by atoms with Crippen LogP contribution in [0.3, 0.4) is 0 Å². The summed E-state index contributed by atoms with van der Waals surface area (Å²) >= 11 is 0. The summed E-state index contributed by atoms with van der Waals surface area (Å²) in [6.07, 6.45) is 7.40. The van der Waals surface area contributed by atoms with E-state index in [0.717, 1.165) is 19.0 Å². The van der Waals surface area contributed by atoms with Crippen molar-refractivity contribution in [3.05, 3.63) is 66.8 Å². The maximum atomic E-state index is 4.59. The highest BCUT2D eigenvalue weighted by Crippen LogP contribution is 2.08. The van der Waals surface area contributed by atoms with Crippen molar-refractivity contribution in [2.75, 3.05) is 13.1 Å². The number of guanidine groups is 1. The second-order valence-corrected chi connectivity index (χ2v) is 4.92. The molecule has 0 aliphatic carbocycles. The molecule has 0 unspecified atom stereocenters. The predicted molar refractivity (Wildman–Crippen MR) is 90.8 cm³/mol. The van der Waals surface area contributed by atoms with Gasteiger partial charge in [0.15, 0.2) is 5.96 Å². The minimum absolute atomic E-state index is 0.643. The maximum absolute atomic E-state index is 4.59. The molecule has 5 nitrogen and oxygen atoms in total. The van der Waals surface area contributed by atoms with E-state index in [0.29, 0.717) is 13.1 Å². The Labute approximate surface area is 131 Å². The molecule has 0 aliphatic rings. The van der Waals surface area contributed by atoms with E-state index in [-0.39, 0.29) is 0 Å². The quantitative estimate of drug-likeness (QED) is 0.468. The Morgan fingerprint density at radius 2 is 2.23 bits per heavy atom. The highest BCUT2D eigenvalue weighted by Gasteiger charge is 1.99. The maximum Gasteiger partial charge on any atom is 0.191 e. The molecular weight excluding hydrogens is 274 g/mol. The molecule has 1 heterocycles. The number of hydrogen-bond acceptors (Lipinski definition) is 2. The molecule has 2 N–H and O–H groups in total. The first-order chi connectivity index (χ1) is 10.8. The molecule has 116 valence electrons. The Hall–Kier alpha value is -2.56. The normalized spacial score (nSPS) is 11.2. The third-order valence-electron chi connectivity index (χ3n) is 3.09. The van der Waals surface area contributed by atoms with Gasteiger partial charge in [-0.3, -0.25) is 0 Å². The number of benzene rings is 1. The van der Waals surface area contributed by atoms with Gasteiger partial charge in [0.05, 0.1) is 12.9 Å². The topological polar surface area (TPSA) is 54.2 Å². The van der Waals surface area contributed by atoms with Gasteiger partial charge in [-0.05, 0) is 18.1 Å². The standard InChI is InChI=1S/C17H23N5/c1-3-8-20-17(19-4-2)21-12-15-6-5-7-16(11-15)13-22-10-9-18-14-22/h3,5-7,9-11,14H,1,4,8,12-13H2,2H3,(H2,19,20,21). The average molecular weight is 297 g/mol. The molecule has 22 heavy (non-hydrogen) atoms. The fourth-order valence-corrected chi connectivity index (χ4v) is 2.10. The molecule has 0 spiro atoms. The van der Waals surface area contributed by atoms with Gasteiger partial charge in [-0.25, -0.2) is 9.98 Å². The lowest BCUT2D eigenvalue weighted by atomic mass is 10.1. The van der Waals surface area contributed by atoms with Gasteiger partial charge in [-0.2, -0.15) is 0 Å². The summed E-state index contributed by atoms with van der Waals surface area (Å²) in [7, 11) is 0. The highest BCUT2D eigenvalue weighted by molar-refractivity contribution is 5.79. The van der Waals surface area contributed by atoms with Gasteiger partial charge in [-0.1, -0.05) is 30.3 Å². The first-order valence-electron chi connectivity index (χ1n) is 7.48. The monoisotopic (exact) mass is 297 g/mol. The molecule has 1 aromatic carbocycles. The van der Waals surface area contributed by atoms with Gasteiger partial charge >= 0.3 is 0 Å². The number of nitrogens with one attached hydrogen (secondary N) is 2. The Balaban J connectivity index is 2.00. The van der Waals surface area contributed by atoms with Crippen LogP contribution in [0.5, 0.6) is 0 Å². The molecular formula is C17H23N5. The third kappa shape index (κ3) is 5.09. The van der Waals surface area contributed by atoms with Crippen molar-refractivity contribution < 1.29 is 0 Å². The van der Waals surface area contributed by atoms with Crippen LogP contribution < -0.4 is 10.6 Å². The van der Waals surface area contributed by atoms with Gasteiger partial charge in [0, 0.05) is 32.0 Å². The van der Waals surface area contributed by atoms with Crippen LogP contribution in [-0.4, -0.2) is 28.6 Å². The number of nitrogens with zero attached hydrogens (tertiary/aromatic N) is 3. The highest BCUT2D eigenvalue weighted by atomic mass is 15.2. The van der Waals surface area contributed by atoms with Crippen LogP contribution in [-0.2, 0) is 13.1 Å².